The van der Waals surface area contributed by atoms with Crippen LogP contribution in [0.15, 0.2) is 18.2 Å². The van der Waals surface area contributed by atoms with E-state index in [2.05, 4.69) is 23.1 Å². The zero-order chi connectivity index (χ0) is 14.6. The lowest BCUT2D eigenvalue weighted by Gasteiger charge is -2.39. The molecule has 3 atom stereocenters. The van der Waals surface area contributed by atoms with Gasteiger partial charge < -0.3 is 14.9 Å². The number of para-hydroxylation sites is 1. The Bertz CT molecular complexity index is 586. The second-order valence-corrected chi connectivity index (χ2v) is 6.66. The van der Waals surface area contributed by atoms with Crippen LogP contribution in [0, 0.1) is 5.92 Å². The summed E-state index contributed by atoms with van der Waals surface area (Å²) in [4.78, 5) is 16.1. The van der Waals surface area contributed by atoms with E-state index in [4.69, 9.17) is 0 Å². The smallest absolute Gasteiger partial charge is 0.219 e. The van der Waals surface area contributed by atoms with E-state index in [1.54, 1.807) is 6.92 Å². The molecular weight excluding hydrogens is 264 g/mol. The molecule has 21 heavy (non-hydrogen) atoms. The van der Waals surface area contributed by atoms with Crippen molar-refractivity contribution in [3.63, 3.8) is 0 Å². The quantitative estimate of drug-likeness (QED) is 0.790. The third-order valence-electron chi connectivity index (χ3n) is 5.53. The van der Waals surface area contributed by atoms with Crippen LogP contribution in [0.2, 0.25) is 0 Å². The monoisotopic (exact) mass is 286 g/mol. The van der Waals surface area contributed by atoms with Crippen molar-refractivity contribution in [2.24, 2.45) is 5.92 Å². The van der Waals surface area contributed by atoms with Crippen LogP contribution >= 0.6 is 0 Å². The number of hydrogen-bond acceptors (Lipinski definition) is 3. The second kappa shape index (κ2) is 4.73. The van der Waals surface area contributed by atoms with E-state index in [-0.39, 0.29) is 12.0 Å². The van der Waals surface area contributed by atoms with Gasteiger partial charge in [0.1, 0.15) is 0 Å². The molecule has 1 amide bonds. The Morgan fingerprint density at radius 2 is 2.14 bits per heavy atom. The number of anilines is 1. The molecule has 0 spiro atoms. The molecule has 4 heteroatoms. The average Bonchev–Trinajstić information content (AvgIpc) is 2.73. The molecule has 0 radical (unpaired) electrons. The van der Waals surface area contributed by atoms with Crippen LogP contribution in [0.5, 0.6) is 0 Å². The molecule has 1 aliphatic carbocycles. The molecule has 0 saturated heterocycles. The Morgan fingerprint density at radius 1 is 1.29 bits per heavy atom. The Balaban J connectivity index is 1.79. The van der Waals surface area contributed by atoms with E-state index in [1.807, 2.05) is 4.90 Å². The number of rotatable bonds is 0. The van der Waals surface area contributed by atoms with Gasteiger partial charge in [0.25, 0.3) is 0 Å². The summed E-state index contributed by atoms with van der Waals surface area (Å²) >= 11 is 0. The molecule has 1 N–H and O–H groups in total. The fourth-order valence-electron chi connectivity index (χ4n) is 4.45. The van der Waals surface area contributed by atoms with Gasteiger partial charge in [-0.05, 0) is 29.9 Å². The molecule has 1 saturated carbocycles. The van der Waals surface area contributed by atoms with Gasteiger partial charge in [-0.25, -0.2) is 0 Å². The Hall–Kier alpha value is -1.55. The van der Waals surface area contributed by atoms with Crippen LogP contribution in [0.1, 0.15) is 36.8 Å². The second-order valence-electron chi connectivity index (χ2n) is 6.66. The predicted molar refractivity (Wildman–Crippen MR) is 81.2 cm³/mol. The molecule has 1 unspecified atom stereocenters. The number of nitrogens with zero attached hydrogens (tertiary/aromatic N) is 2. The molecule has 4 nitrogen and oxygen atoms in total. The normalized spacial score (nSPS) is 30.7. The molecule has 1 fully saturated rings. The topological polar surface area (TPSA) is 43.8 Å². The highest BCUT2D eigenvalue weighted by molar-refractivity contribution is 5.74. The Morgan fingerprint density at radius 3 is 2.95 bits per heavy atom. The van der Waals surface area contributed by atoms with Crippen LogP contribution in [0.4, 0.5) is 5.69 Å². The minimum absolute atomic E-state index is 0.146. The van der Waals surface area contributed by atoms with Gasteiger partial charge in [0.15, 0.2) is 0 Å². The van der Waals surface area contributed by atoms with Gasteiger partial charge in [-0.3, -0.25) is 4.79 Å². The summed E-state index contributed by atoms with van der Waals surface area (Å²) in [5.74, 6) is 0.999. The maximum absolute atomic E-state index is 11.8. The first-order chi connectivity index (χ1) is 10.1. The van der Waals surface area contributed by atoms with Crippen LogP contribution in [0.25, 0.3) is 0 Å². The van der Waals surface area contributed by atoms with Crippen molar-refractivity contribution in [1.82, 2.24) is 4.90 Å². The first-order valence-electron chi connectivity index (χ1n) is 7.95. The standard InChI is InChI=1S/C17H22N2O2/c1-11(20)18-7-8-19-10-15-13(5-6-16(15)21)14-4-2-3-12(9-18)17(14)19/h2-4,13,15-16,21H,5-10H2,1H3/t13-,15?,16-/m1/s1. The van der Waals surface area contributed by atoms with Crippen molar-refractivity contribution in [1.29, 1.82) is 0 Å². The van der Waals surface area contributed by atoms with Gasteiger partial charge in [-0.2, -0.15) is 0 Å². The van der Waals surface area contributed by atoms with Crippen molar-refractivity contribution in [2.45, 2.75) is 38.3 Å². The minimum atomic E-state index is -0.168. The lowest BCUT2D eigenvalue weighted by molar-refractivity contribution is -0.129. The molecule has 1 aromatic carbocycles. The van der Waals surface area contributed by atoms with Crippen molar-refractivity contribution in [3.8, 4) is 0 Å². The number of carbonyl (C=O) groups excluding carboxylic acids is 1. The van der Waals surface area contributed by atoms with E-state index in [9.17, 15) is 9.90 Å². The average molecular weight is 286 g/mol. The van der Waals surface area contributed by atoms with Crippen molar-refractivity contribution < 1.29 is 9.90 Å². The fraction of sp³-hybridized carbons (Fsp3) is 0.588. The minimum Gasteiger partial charge on any atom is -0.393 e. The molecule has 2 aliphatic heterocycles. The number of aliphatic hydroxyl groups excluding tert-OH is 1. The van der Waals surface area contributed by atoms with Gasteiger partial charge in [-0.15, -0.1) is 0 Å². The SMILES string of the molecule is CC(=O)N1CCN2CC3[C@H](O)CC[C@@H]3c3cccc(c32)C1. The largest absolute Gasteiger partial charge is 0.393 e. The van der Waals surface area contributed by atoms with Gasteiger partial charge >= 0.3 is 0 Å². The van der Waals surface area contributed by atoms with Gasteiger partial charge in [0.05, 0.1) is 6.10 Å². The molecule has 4 rings (SSSR count). The van der Waals surface area contributed by atoms with Crippen LogP contribution in [-0.2, 0) is 11.3 Å². The summed E-state index contributed by atoms with van der Waals surface area (Å²) < 4.78 is 0. The molecule has 2 heterocycles. The summed E-state index contributed by atoms with van der Waals surface area (Å²) in [5.41, 5.74) is 4.00. The highest BCUT2D eigenvalue weighted by atomic mass is 16.3. The van der Waals surface area contributed by atoms with Gasteiger partial charge in [0, 0.05) is 44.7 Å². The van der Waals surface area contributed by atoms with Crippen LogP contribution < -0.4 is 4.90 Å². The first-order valence-corrected chi connectivity index (χ1v) is 7.95. The van der Waals surface area contributed by atoms with Crippen molar-refractivity contribution in [2.75, 3.05) is 24.5 Å². The summed E-state index contributed by atoms with van der Waals surface area (Å²) in [6.45, 7) is 4.95. The van der Waals surface area contributed by atoms with Gasteiger partial charge in [-0.1, -0.05) is 18.2 Å². The number of carbonyl (C=O) groups is 1. The van der Waals surface area contributed by atoms with E-state index >= 15 is 0 Å². The van der Waals surface area contributed by atoms with E-state index in [0.717, 1.165) is 39.0 Å². The van der Waals surface area contributed by atoms with Gasteiger partial charge in [0.2, 0.25) is 5.91 Å². The highest BCUT2D eigenvalue weighted by Crippen LogP contribution is 2.49. The summed E-state index contributed by atoms with van der Waals surface area (Å²) in [6, 6.07) is 6.49. The zero-order valence-corrected chi connectivity index (χ0v) is 12.5. The number of benzene rings is 1. The number of aliphatic hydroxyl groups is 1. The molecular formula is C17H22N2O2. The van der Waals surface area contributed by atoms with Crippen LogP contribution in [0.3, 0.4) is 0 Å². The van der Waals surface area contributed by atoms with E-state index in [0.29, 0.717) is 11.8 Å². The third kappa shape index (κ3) is 1.96. The Kier molecular flexibility index (Phi) is 2.96. The third-order valence-corrected chi connectivity index (χ3v) is 5.53. The fourth-order valence-corrected chi connectivity index (χ4v) is 4.45. The first kappa shape index (κ1) is 13.1. The molecule has 112 valence electrons. The molecule has 1 aromatic rings. The molecule has 0 aromatic heterocycles. The van der Waals surface area contributed by atoms with Crippen molar-refractivity contribution >= 4 is 11.6 Å². The zero-order valence-electron chi connectivity index (χ0n) is 12.5. The highest BCUT2D eigenvalue weighted by Gasteiger charge is 2.43. The number of fused-ring (bicyclic) bond motifs is 2. The lowest BCUT2D eigenvalue weighted by atomic mass is 9.82. The number of amides is 1. The van der Waals surface area contributed by atoms with E-state index < -0.39 is 0 Å². The molecule has 0 bridgehead atoms. The summed E-state index contributed by atoms with van der Waals surface area (Å²) in [5, 5.41) is 10.3. The maximum atomic E-state index is 11.8. The Labute approximate surface area is 125 Å². The molecule has 3 aliphatic rings. The summed E-state index contributed by atoms with van der Waals surface area (Å²) in [6.07, 6.45) is 1.85. The number of hydrogen-bond donors (Lipinski definition) is 1. The maximum Gasteiger partial charge on any atom is 0.219 e. The van der Waals surface area contributed by atoms with Crippen LogP contribution in [-0.4, -0.2) is 41.7 Å². The van der Waals surface area contributed by atoms with E-state index in [1.165, 1.54) is 16.8 Å². The predicted octanol–water partition coefficient (Wildman–Crippen LogP) is 1.72. The lowest BCUT2D eigenvalue weighted by Crippen LogP contribution is -2.42. The van der Waals surface area contributed by atoms with Crippen molar-refractivity contribution in [3.05, 3.63) is 29.3 Å². The summed E-state index contributed by atoms with van der Waals surface area (Å²) in [7, 11) is 0.